The van der Waals surface area contributed by atoms with Gasteiger partial charge in [-0.15, -0.1) is 0 Å². The number of nitrogens with one attached hydrogen (secondary N) is 1. The van der Waals surface area contributed by atoms with Gasteiger partial charge in [0.25, 0.3) is 0 Å². The van der Waals surface area contributed by atoms with Crippen molar-refractivity contribution in [3.63, 3.8) is 0 Å². The van der Waals surface area contributed by atoms with Gasteiger partial charge >= 0.3 is 0 Å². The van der Waals surface area contributed by atoms with E-state index in [9.17, 15) is 0 Å². The minimum absolute atomic E-state index is 0.447. The third kappa shape index (κ3) is 2.85. The summed E-state index contributed by atoms with van der Waals surface area (Å²) in [5.41, 5.74) is 1.33. The van der Waals surface area contributed by atoms with Crippen molar-refractivity contribution in [2.75, 3.05) is 6.54 Å². The Labute approximate surface area is 99.2 Å². The van der Waals surface area contributed by atoms with Crippen LogP contribution in [0.25, 0.3) is 0 Å². The molecule has 1 heterocycles. The summed E-state index contributed by atoms with van der Waals surface area (Å²) in [5.74, 6) is 0.696. The quantitative estimate of drug-likeness (QED) is 0.770. The van der Waals surface area contributed by atoms with Crippen LogP contribution in [0.15, 0.2) is 12.3 Å². The van der Waals surface area contributed by atoms with Gasteiger partial charge in [-0.25, -0.2) is 0 Å². The van der Waals surface area contributed by atoms with E-state index >= 15 is 0 Å². The first-order chi connectivity index (χ1) is 7.78. The highest BCUT2D eigenvalue weighted by Crippen LogP contribution is 2.27. The predicted octanol–water partition coefficient (Wildman–Crippen LogP) is 2.99. The van der Waals surface area contributed by atoms with Crippen LogP contribution in [-0.4, -0.2) is 16.3 Å². The molecule has 0 spiro atoms. The first-order valence-corrected chi connectivity index (χ1v) is 6.53. The van der Waals surface area contributed by atoms with Gasteiger partial charge in [-0.2, -0.15) is 5.10 Å². The molecular formula is C13H25N3. The Hall–Kier alpha value is -0.830. The molecule has 0 aromatic carbocycles. The molecule has 0 saturated carbocycles. The smallest absolute Gasteiger partial charge is 0.0556 e. The SMILES string of the molecule is CCNC(c1ccnn1CC)C(CC)CC. The zero-order chi connectivity index (χ0) is 12.0. The molecule has 0 amide bonds. The highest BCUT2D eigenvalue weighted by atomic mass is 15.3. The number of rotatable bonds is 7. The molecule has 16 heavy (non-hydrogen) atoms. The molecule has 92 valence electrons. The lowest BCUT2D eigenvalue weighted by Crippen LogP contribution is -2.30. The van der Waals surface area contributed by atoms with E-state index in [0.29, 0.717) is 12.0 Å². The van der Waals surface area contributed by atoms with Gasteiger partial charge in [0.1, 0.15) is 0 Å². The van der Waals surface area contributed by atoms with Gasteiger partial charge in [0.05, 0.1) is 11.7 Å². The molecule has 1 atom stereocenters. The Morgan fingerprint density at radius 2 is 1.94 bits per heavy atom. The van der Waals surface area contributed by atoms with E-state index < -0.39 is 0 Å². The standard InChI is InChI=1S/C13H25N3/c1-5-11(6-2)13(14-7-3)12-9-10-15-16(12)8-4/h9-11,13-14H,5-8H2,1-4H3. The minimum atomic E-state index is 0.447. The number of hydrogen-bond acceptors (Lipinski definition) is 2. The second-order valence-electron chi connectivity index (χ2n) is 4.18. The third-order valence-electron chi connectivity index (χ3n) is 3.31. The van der Waals surface area contributed by atoms with E-state index in [1.54, 1.807) is 0 Å². The summed E-state index contributed by atoms with van der Waals surface area (Å²) in [4.78, 5) is 0. The molecule has 0 saturated heterocycles. The molecule has 1 N–H and O–H groups in total. The molecule has 1 unspecified atom stereocenters. The van der Waals surface area contributed by atoms with E-state index in [0.717, 1.165) is 13.1 Å². The van der Waals surface area contributed by atoms with Gasteiger partial charge in [-0.05, 0) is 25.5 Å². The Bertz CT molecular complexity index is 289. The third-order valence-corrected chi connectivity index (χ3v) is 3.31. The summed E-state index contributed by atoms with van der Waals surface area (Å²) in [7, 11) is 0. The fraction of sp³-hybridized carbons (Fsp3) is 0.769. The lowest BCUT2D eigenvalue weighted by molar-refractivity contribution is 0.328. The average molecular weight is 223 g/mol. The van der Waals surface area contributed by atoms with Crippen molar-refractivity contribution in [1.29, 1.82) is 0 Å². The maximum absolute atomic E-state index is 4.37. The highest BCUT2D eigenvalue weighted by molar-refractivity contribution is 5.08. The summed E-state index contributed by atoms with van der Waals surface area (Å²) in [6.45, 7) is 10.8. The molecule has 0 aliphatic rings. The van der Waals surface area contributed by atoms with Crippen LogP contribution in [0.3, 0.4) is 0 Å². The fourth-order valence-corrected chi connectivity index (χ4v) is 2.36. The molecule has 0 fully saturated rings. The largest absolute Gasteiger partial charge is 0.309 e. The molecule has 3 heteroatoms. The van der Waals surface area contributed by atoms with Crippen molar-refractivity contribution in [1.82, 2.24) is 15.1 Å². The second kappa shape index (κ2) is 6.69. The number of hydrogen-bond donors (Lipinski definition) is 1. The van der Waals surface area contributed by atoms with Crippen LogP contribution in [0.2, 0.25) is 0 Å². The fourth-order valence-electron chi connectivity index (χ4n) is 2.36. The van der Waals surface area contributed by atoms with E-state index in [4.69, 9.17) is 0 Å². The molecule has 0 radical (unpaired) electrons. The summed E-state index contributed by atoms with van der Waals surface area (Å²) in [5, 5.41) is 7.97. The molecule has 3 nitrogen and oxygen atoms in total. The molecule has 1 aromatic rings. The van der Waals surface area contributed by atoms with Gasteiger partial charge in [0.2, 0.25) is 0 Å². The van der Waals surface area contributed by atoms with Gasteiger partial charge in [0.15, 0.2) is 0 Å². The Morgan fingerprint density at radius 1 is 1.25 bits per heavy atom. The van der Waals surface area contributed by atoms with Crippen molar-refractivity contribution < 1.29 is 0 Å². The number of aromatic nitrogens is 2. The molecule has 1 aromatic heterocycles. The van der Waals surface area contributed by atoms with Crippen LogP contribution in [0, 0.1) is 5.92 Å². The maximum Gasteiger partial charge on any atom is 0.0556 e. The zero-order valence-electron chi connectivity index (χ0n) is 11.0. The van der Waals surface area contributed by atoms with Crippen LogP contribution in [0.4, 0.5) is 0 Å². The van der Waals surface area contributed by atoms with Crippen molar-refractivity contribution >= 4 is 0 Å². The van der Waals surface area contributed by atoms with E-state index in [2.05, 4.69) is 48.9 Å². The average Bonchev–Trinajstić information content (AvgIpc) is 2.77. The van der Waals surface area contributed by atoms with Crippen LogP contribution >= 0.6 is 0 Å². The topological polar surface area (TPSA) is 29.9 Å². The van der Waals surface area contributed by atoms with Crippen LogP contribution in [-0.2, 0) is 6.54 Å². The molecule has 0 aliphatic heterocycles. The first kappa shape index (κ1) is 13.2. The van der Waals surface area contributed by atoms with Gasteiger partial charge in [0, 0.05) is 12.7 Å². The zero-order valence-corrected chi connectivity index (χ0v) is 11.0. The van der Waals surface area contributed by atoms with Crippen LogP contribution in [0.5, 0.6) is 0 Å². The van der Waals surface area contributed by atoms with Gasteiger partial charge < -0.3 is 5.32 Å². The Morgan fingerprint density at radius 3 is 2.44 bits per heavy atom. The Balaban J connectivity index is 2.91. The van der Waals surface area contributed by atoms with Crippen molar-refractivity contribution in [3.05, 3.63) is 18.0 Å². The number of nitrogens with zero attached hydrogens (tertiary/aromatic N) is 2. The van der Waals surface area contributed by atoms with Crippen LogP contribution in [0.1, 0.15) is 52.3 Å². The summed E-state index contributed by atoms with van der Waals surface area (Å²) in [6.07, 6.45) is 4.33. The summed E-state index contributed by atoms with van der Waals surface area (Å²) < 4.78 is 2.10. The van der Waals surface area contributed by atoms with E-state index in [-0.39, 0.29) is 0 Å². The Kier molecular flexibility index (Phi) is 5.53. The first-order valence-electron chi connectivity index (χ1n) is 6.53. The van der Waals surface area contributed by atoms with Crippen molar-refractivity contribution in [3.8, 4) is 0 Å². The molecular weight excluding hydrogens is 198 g/mol. The lowest BCUT2D eigenvalue weighted by atomic mass is 9.91. The van der Waals surface area contributed by atoms with E-state index in [1.165, 1.54) is 18.5 Å². The van der Waals surface area contributed by atoms with Gasteiger partial charge in [-0.3, -0.25) is 4.68 Å². The molecule has 0 bridgehead atoms. The molecule has 1 rings (SSSR count). The highest BCUT2D eigenvalue weighted by Gasteiger charge is 2.22. The molecule has 0 aliphatic carbocycles. The summed E-state index contributed by atoms with van der Waals surface area (Å²) >= 11 is 0. The number of aryl methyl sites for hydroxylation is 1. The van der Waals surface area contributed by atoms with Crippen LogP contribution < -0.4 is 5.32 Å². The van der Waals surface area contributed by atoms with E-state index in [1.807, 2.05) is 6.20 Å². The maximum atomic E-state index is 4.37. The normalized spacial score (nSPS) is 13.3. The predicted molar refractivity (Wildman–Crippen MR) is 68.4 cm³/mol. The van der Waals surface area contributed by atoms with Gasteiger partial charge in [-0.1, -0.05) is 33.6 Å². The summed E-state index contributed by atoms with van der Waals surface area (Å²) in [6, 6.07) is 2.59. The minimum Gasteiger partial charge on any atom is -0.309 e. The monoisotopic (exact) mass is 223 g/mol. The lowest BCUT2D eigenvalue weighted by Gasteiger charge is -2.26. The van der Waals surface area contributed by atoms with Crippen molar-refractivity contribution in [2.45, 2.75) is 53.1 Å². The van der Waals surface area contributed by atoms with Crippen molar-refractivity contribution in [2.24, 2.45) is 5.92 Å². The second-order valence-corrected chi connectivity index (χ2v) is 4.18.